The first-order chi connectivity index (χ1) is 8.68. The fourth-order valence-corrected chi connectivity index (χ4v) is 2.02. The molecule has 2 heteroatoms. The van der Waals surface area contributed by atoms with Gasteiger partial charge in [0.2, 0.25) is 0 Å². The Kier molecular flexibility index (Phi) is 13.3. The summed E-state index contributed by atoms with van der Waals surface area (Å²) in [4.78, 5) is 2.39. The molecule has 1 N–H and O–H groups in total. The Morgan fingerprint density at radius 1 is 0.833 bits per heavy atom. The zero-order valence-corrected chi connectivity index (χ0v) is 13.3. The number of unbranched alkanes of at least 4 members (excludes halogenated alkanes) is 7. The van der Waals surface area contributed by atoms with Crippen molar-refractivity contribution in [1.82, 2.24) is 10.2 Å². The maximum atomic E-state index is 3.54. The van der Waals surface area contributed by atoms with Crippen molar-refractivity contribution in [3.8, 4) is 0 Å². The molecular weight excluding hydrogens is 220 g/mol. The van der Waals surface area contributed by atoms with E-state index in [0.29, 0.717) is 6.04 Å². The maximum Gasteiger partial charge on any atom is 0.0106 e. The standard InChI is InChI=1S/C16H36N2/c1-5-6-7-8-9-10-11-12-13-17-14-15-18(4)16(2)3/h16-17H,5-15H2,1-4H3. The summed E-state index contributed by atoms with van der Waals surface area (Å²) in [6, 6.07) is 0.662. The first-order valence-corrected chi connectivity index (χ1v) is 8.09. The van der Waals surface area contributed by atoms with Crippen LogP contribution in [0.15, 0.2) is 0 Å². The summed E-state index contributed by atoms with van der Waals surface area (Å²) in [5, 5.41) is 3.54. The van der Waals surface area contributed by atoms with Crippen LogP contribution in [-0.2, 0) is 0 Å². The molecule has 18 heavy (non-hydrogen) atoms. The van der Waals surface area contributed by atoms with Crippen LogP contribution in [0.5, 0.6) is 0 Å². The van der Waals surface area contributed by atoms with E-state index in [0.717, 1.165) is 13.1 Å². The molecule has 0 aromatic rings. The highest BCUT2D eigenvalue weighted by Crippen LogP contribution is 2.07. The van der Waals surface area contributed by atoms with Gasteiger partial charge < -0.3 is 10.2 Å². The quantitative estimate of drug-likeness (QED) is 0.500. The molecule has 0 fully saturated rings. The molecule has 0 rings (SSSR count). The van der Waals surface area contributed by atoms with E-state index < -0.39 is 0 Å². The lowest BCUT2D eigenvalue weighted by Crippen LogP contribution is -2.34. The maximum absolute atomic E-state index is 3.54. The summed E-state index contributed by atoms with van der Waals surface area (Å²) in [6.07, 6.45) is 11.3. The molecule has 0 atom stereocenters. The van der Waals surface area contributed by atoms with Gasteiger partial charge in [-0.2, -0.15) is 0 Å². The fraction of sp³-hybridized carbons (Fsp3) is 1.00. The Labute approximate surface area is 116 Å². The van der Waals surface area contributed by atoms with Crippen LogP contribution in [0.2, 0.25) is 0 Å². The molecule has 0 unspecified atom stereocenters. The molecule has 0 aromatic heterocycles. The van der Waals surface area contributed by atoms with Crippen molar-refractivity contribution in [2.45, 2.75) is 78.2 Å². The number of rotatable bonds is 13. The minimum atomic E-state index is 0.662. The van der Waals surface area contributed by atoms with E-state index in [-0.39, 0.29) is 0 Å². The number of likely N-dealkylation sites (N-methyl/N-ethyl adjacent to an activating group) is 1. The van der Waals surface area contributed by atoms with Crippen LogP contribution in [0.1, 0.15) is 72.1 Å². The third-order valence-corrected chi connectivity index (χ3v) is 3.73. The molecule has 110 valence electrons. The van der Waals surface area contributed by atoms with E-state index in [2.05, 4.69) is 38.0 Å². The summed E-state index contributed by atoms with van der Waals surface area (Å²) >= 11 is 0. The lowest BCUT2D eigenvalue weighted by molar-refractivity contribution is 0.273. The minimum absolute atomic E-state index is 0.662. The predicted octanol–water partition coefficient (Wildman–Crippen LogP) is 4.06. The largest absolute Gasteiger partial charge is 0.315 e. The van der Waals surface area contributed by atoms with E-state index in [4.69, 9.17) is 0 Å². The van der Waals surface area contributed by atoms with Gasteiger partial charge in [0.15, 0.2) is 0 Å². The summed E-state index contributed by atoms with van der Waals surface area (Å²) in [7, 11) is 2.20. The van der Waals surface area contributed by atoms with Gasteiger partial charge in [0, 0.05) is 19.1 Å². The molecule has 0 heterocycles. The van der Waals surface area contributed by atoms with Crippen LogP contribution in [-0.4, -0.2) is 37.6 Å². The zero-order valence-electron chi connectivity index (χ0n) is 13.3. The van der Waals surface area contributed by atoms with Gasteiger partial charge >= 0.3 is 0 Å². The molecule has 0 amide bonds. The summed E-state index contributed by atoms with van der Waals surface area (Å²) in [5.41, 5.74) is 0. The molecule has 0 spiro atoms. The third kappa shape index (κ3) is 12.4. The van der Waals surface area contributed by atoms with Gasteiger partial charge in [0.1, 0.15) is 0 Å². The Balaban J connectivity index is 3.03. The van der Waals surface area contributed by atoms with E-state index >= 15 is 0 Å². The van der Waals surface area contributed by atoms with Crippen molar-refractivity contribution < 1.29 is 0 Å². The molecule has 2 nitrogen and oxygen atoms in total. The fourth-order valence-electron chi connectivity index (χ4n) is 2.02. The normalized spacial score (nSPS) is 11.7. The average molecular weight is 256 g/mol. The second-order valence-electron chi connectivity index (χ2n) is 5.80. The van der Waals surface area contributed by atoms with Crippen molar-refractivity contribution in [3.63, 3.8) is 0 Å². The Bertz CT molecular complexity index is 157. The van der Waals surface area contributed by atoms with Gasteiger partial charge in [-0.15, -0.1) is 0 Å². The minimum Gasteiger partial charge on any atom is -0.315 e. The number of hydrogen-bond acceptors (Lipinski definition) is 2. The lowest BCUT2D eigenvalue weighted by Gasteiger charge is -2.20. The van der Waals surface area contributed by atoms with Crippen LogP contribution in [0, 0.1) is 0 Å². The molecule has 0 bridgehead atoms. The van der Waals surface area contributed by atoms with Crippen molar-refractivity contribution in [2.24, 2.45) is 0 Å². The topological polar surface area (TPSA) is 15.3 Å². The Hall–Kier alpha value is -0.0800. The van der Waals surface area contributed by atoms with Gasteiger partial charge in [-0.3, -0.25) is 0 Å². The molecular formula is C16H36N2. The third-order valence-electron chi connectivity index (χ3n) is 3.73. The van der Waals surface area contributed by atoms with Crippen molar-refractivity contribution in [1.29, 1.82) is 0 Å². The number of nitrogens with zero attached hydrogens (tertiary/aromatic N) is 1. The van der Waals surface area contributed by atoms with Crippen molar-refractivity contribution >= 4 is 0 Å². The zero-order chi connectivity index (χ0) is 13.6. The van der Waals surface area contributed by atoms with Gasteiger partial charge in [-0.1, -0.05) is 51.9 Å². The van der Waals surface area contributed by atoms with Crippen molar-refractivity contribution in [2.75, 3.05) is 26.7 Å². The van der Waals surface area contributed by atoms with E-state index in [1.165, 1.54) is 57.9 Å². The molecule has 0 saturated heterocycles. The van der Waals surface area contributed by atoms with Gasteiger partial charge in [-0.25, -0.2) is 0 Å². The highest BCUT2D eigenvalue weighted by molar-refractivity contribution is 4.59. The predicted molar refractivity (Wildman–Crippen MR) is 83.2 cm³/mol. The smallest absolute Gasteiger partial charge is 0.0106 e. The van der Waals surface area contributed by atoms with Gasteiger partial charge in [0.05, 0.1) is 0 Å². The first kappa shape index (κ1) is 17.9. The molecule has 0 aliphatic heterocycles. The van der Waals surface area contributed by atoms with Crippen molar-refractivity contribution in [3.05, 3.63) is 0 Å². The average Bonchev–Trinajstić information content (AvgIpc) is 2.35. The SMILES string of the molecule is CCCCCCCCCCNCCN(C)C(C)C. The number of nitrogens with one attached hydrogen (secondary N) is 1. The molecule has 0 aromatic carbocycles. The van der Waals surface area contributed by atoms with Crippen LogP contribution in [0.25, 0.3) is 0 Å². The van der Waals surface area contributed by atoms with E-state index in [9.17, 15) is 0 Å². The monoisotopic (exact) mass is 256 g/mol. The number of hydrogen-bond donors (Lipinski definition) is 1. The highest BCUT2D eigenvalue weighted by atomic mass is 15.1. The Morgan fingerprint density at radius 2 is 1.39 bits per heavy atom. The van der Waals surface area contributed by atoms with Crippen LogP contribution >= 0.6 is 0 Å². The molecule has 0 aliphatic rings. The second-order valence-corrected chi connectivity index (χ2v) is 5.80. The molecule has 0 aliphatic carbocycles. The summed E-state index contributed by atoms with van der Waals surface area (Å²) in [5.74, 6) is 0. The van der Waals surface area contributed by atoms with Gasteiger partial charge in [-0.05, 0) is 33.9 Å². The van der Waals surface area contributed by atoms with E-state index in [1.54, 1.807) is 0 Å². The highest BCUT2D eigenvalue weighted by Gasteiger charge is 2.00. The summed E-state index contributed by atoms with van der Waals surface area (Å²) < 4.78 is 0. The summed E-state index contributed by atoms with van der Waals surface area (Å²) in [6.45, 7) is 10.3. The lowest BCUT2D eigenvalue weighted by atomic mass is 10.1. The second kappa shape index (κ2) is 13.4. The van der Waals surface area contributed by atoms with Gasteiger partial charge in [0.25, 0.3) is 0 Å². The molecule has 0 radical (unpaired) electrons. The molecule has 0 saturated carbocycles. The first-order valence-electron chi connectivity index (χ1n) is 8.09. The van der Waals surface area contributed by atoms with Crippen LogP contribution in [0.4, 0.5) is 0 Å². The Morgan fingerprint density at radius 3 is 1.94 bits per heavy atom. The van der Waals surface area contributed by atoms with Crippen LogP contribution < -0.4 is 5.32 Å². The van der Waals surface area contributed by atoms with E-state index in [1.807, 2.05) is 0 Å². The van der Waals surface area contributed by atoms with Crippen LogP contribution in [0.3, 0.4) is 0 Å².